The molecule has 1 amide bonds. The third-order valence-corrected chi connectivity index (χ3v) is 3.45. The molecule has 0 unspecified atom stereocenters. The normalized spacial score (nSPS) is 10.4. The van der Waals surface area contributed by atoms with Crippen LogP contribution in [-0.4, -0.2) is 31.1 Å². The van der Waals surface area contributed by atoms with Crippen molar-refractivity contribution in [3.8, 4) is 0 Å². The average molecular weight is 347 g/mol. The lowest BCUT2D eigenvalue weighted by Crippen LogP contribution is -2.14. The first kappa shape index (κ1) is 18.3. The highest BCUT2D eigenvalue weighted by Gasteiger charge is 2.18. The number of hydrogen-bond donors (Lipinski definition) is 2. The van der Waals surface area contributed by atoms with Crippen LogP contribution in [0, 0.1) is 22.9 Å². The lowest BCUT2D eigenvalue weighted by Gasteiger charge is -2.10. The van der Waals surface area contributed by atoms with Crippen LogP contribution in [0.4, 0.5) is 21.5 Å². The van der Waals surface area contributed by atoms with Crippen LogP contribution in [0.5, 0.6) is 0 Å². The quantitative estimate of drug-likeness (QED) is 0.455. The molecule has 2 N–H and O–H groups in total. The van der Waals surface area contributed by atoms with E-state index in [0.717, 1.165) is 11.6 Å². The molecular formula is C17H18FN3O4. The van der Waals surface area contributed by atoms with Gasteiger partial charge in [0.25, 0.3) is 11.6 Å². The van der Waals surface area contributed by atoms with Crippen LogP contribution in [0.25, 0.3) is 0 Å². The minimum absolute atomic E-state index is 0.0231. The summed E-state index contributed by atoms with van der Waals surface area (Å²) < 4.78 is 18.6. The number of aryl methyl sites for hydroxylation is 1. The van der Waals surface area contributed by atoms with E-state index in [-0.39, 0.29) is 22.6 Å². The van der Waals surface area contributed by atoms with Crippen LogP contribution < -0.4 is 10.6 Å². The molecule has 0 radical (unpaired) electrons. The Morgan fingerprint density at radius 2 is 2.00 bits per heavy atom. The van der Waals surface area contributed by atoms with E-state index in [1.165, 1.54) is 31.4 Å². The van der Waals surface area contributed by atoms with E-state index in [9.17, 15) is 19.3 Å². The number of carbonyl (C=O) groups excluding carboxylic acids is 1. The second kappa shape index (κ2) is 8.20. The van der Waals surface area contributed by atoms with Crippen molar-refractivity contribution in [2.75, 3.05) is 30.9 Å². The zero-order valence-corrected chi connectivity index (χ0v) is 13.8. The molecule has 0 aromatic heterocycles. The Labute approximate surface area is 144 Å². The van der Waals surface area contributed by atoms with Crippen LogP contribution in [0.2, 0.25) is 0 Å². The molecule has 0 bridgehead atoms. The van der Waals surface area contributed by atoms with Crippen molar-refractivity contribution in [3.05, 3.63) is 63.5 Å². The molecule has 2 aromatic rings. The number of ether oxygens (including phenoxy) is 1. The first-order valence-electron chi connectivity index (χ1n) is 7.51. The molecule has 0 atom stereocenters. The third kappa shape index (κ3) is 4.74. The number of carbonyl (C=O) groups is 1. The van der Waals surface area contributed by atoms with E-state index in [0.29, 0.717) is 13.2 Å². The predicted molar refractivity (Wildman–Crippen MR) is 92.6 cm³/mol. The summed E-state index contributed by atoms with van der Waals surface area (Å²) in [6.45, 7) is 2.53. The highest BCUT2D eigenvalue weighted by atomic mass is 19.1. The molecule has 2 aromatic carbocycles. The zero-order chi connectivity index (χ0) is 18.4. The molecule has 0 saturated carbocycles. The van der Waals surface area contributed by atoms with Crippen molar-refractivity contribution < 1.29 is 18.8 Å². The summed E-state index contributed by atoms with van der Waals surface area (Å²) in [7, 11) is 1.52. The summed E-state index contributed by atoms with van der Waals surface area (Å²) in [6, 6.07) is 8.34. The maximum Gasteiger partial charge on any atom is 0.293 e. The van der Waals surface area contributed by atoms with Gasteiger partial charge in [0.1, 0.15) is 11.5 Å². The van der Waals surface area contributed by atoms with Crippen LogP contribution in [0.15, 0.2) is 36.4 Å². The fourth-order valence-electron chi connectivity index (χ4n) is 2.19. The molecule has 8 heteroatoms. The Hall–Kier alpha value is -3.00. The number of nitrogens with one attached hydrogen (secondary N) is 2. The maximum absolute atomic E-state index is 13.7. The van der Waals surface area contributed by atoms with Gasteiger partial charge in [0.15, 0.2) is 0 Å². The molecule has 0 aliphatic carbocycles. The SMILES string of the molecule is COCCNc1ccc(C(=O)Nc2cc(C)ccc2F)cc1[N+](=O)[O-]. The minimum Gasteiger partial charge on any atom is -0.383 e. The Morgan fingerprint density at radius 3 is 2.68 bits per heavy atom. The standard InChI is InChI=1S/C17H18FN3O4/c1-11-3-5-13(18)15(9-11)20-17(22)12-4-6-14(19-7-8-25-2)16(10-12)21(23)24/h3-6,9-10,19H,7-8H2,1-2H3,(H,20,22). The Morgan fingerprint density at radius 1 is 1.24 bits per heavy atom. The second-order valence-corrected chi connectivity index (χ2v) is 5.35. The Kier molecular flexibility index (Phi) is 6.02. The molecule has 0 spiro atoms. The van der Waals surface area contributed by atoms with E-state index in [2.05, 4.69) is 10.6 Å². The second-order valence-electron chi connectivity index (χ2n) is 5.35. The molecule has 0 saturated heterocycles. The number of benzene rings is 2. The molecule has 2 rings (SSSR count). The van der Waals surface area contributed by atoms with Crippen LogP contribution >= 0.6 is 0 Å². The smallest absolute Gasteiger partial charge is 0.293 e. The van der Waals surface area contributed by atoms with Gasteiger partial charge in [0, 0.05) is 25.3 Å². The van der Waals surface area contributed by atoms with Gasteiger partial charge in [-0.25, -0.2) is 4.39 Å². The number of nitrogens with zero attached hydrogens (tertiary/aromatic N) is 1. The van der Waals surface area contributed by atoms with E-state index in [4.69, 9.17) is 4.74 Å². The molecule has 7 nitrogen and oxygen atoms in total. The van der Waals surface area contributed by atoms with Crippen molar-refractivity contribution in [1.82, 2.24) is 0 Å². The first-order chi connectivity index (χ1) is 11.9. The third-order valence-electron chi connectivity index (χ3n) is 3.45. The van der Waals surface area contributed by atoms with Crippen LogP contribution in [0.3, 0.4) is 0 Å². The summed E-state index contributed by atoms with van der Waals surface area (Å²) in [6.07, 6.45) is 0. The number of anilines is 2. The maximum atomic E-state index is 13.7. The highest BCUT2D eigenvalue weighted by molar-refractivity contribution is 6.05. The van der Waals surface area contributed by atoms with Crippen molar-refractivity contribution in [2.45, 2.75) is 6.92 Å². The van der Waals surface area contributed by atoms with Gasteiger partial charge in [-0.3, -0.25) is 14.9 Å². The first-order valence-corrected chi connectivity index (χ1v) is 7.51. The lowest BCUT2D eigenvalue weighted by molar-refractivity contribution is -0.384. The fourth-order valence-corrected chi connectivity index (χ4v) is 2.19. The molecule has 0 aliphatic rings. The van der Waals surface area contributed by atoms with Crippen molar-refractivity contribution >= 4 is 23.0 Å². The summed E-state index contributed by atoms with van der Waals surface area (Å²) in [5, 5.41) is 16.5. The highest BCUT2D eigenvalue weighted by Crippen LogP contribution is 2.26. The van der Waals surface area contributed by atoms with E-state index in [1.807, 2.05) is 0 Å². The Bertz CT molecular complexity index is 795. The monoisotopic (exact) mass is 347 g/mol. The van der Waals surface area contributed by atoms with E-state index in [1.54, 1.807) is 13.0 Å². The predicted octanol–water partition coefficient (Wildman–Crippen LogP) is 3.35. The zero-order valence-electron chi connectivity index (χ0n) is 13.8. The number of hydrogen-bond acceptors (Lipinski definition) is 5. The van der Waals surface area contributed by atoms with Gasteiger partial charge in [0.05, 0.1) is 17.2 Å². The van der Waals surface area contributed by atoms with Crippen molar-refractivity contribution in [3.63, 3.8) is 0 Å². The number of nitro groups is 1. The van der Waals surface area contributed by atoms with E-state index >= 15 is 0 Å². The molecule has 132 valence electrons. The summed E-state index contributed by atoms with van der Waals surface area (Å²) >= 11 is 0. The molecule has 0 fully saturated rings. The minimum atomic E-state index is -0.629. The lowest BCUT2D eigenvalue weighted by atomic mass is 10.1. The van der Waals surface area contributed by atoms with Gasteiger partial charge in [-0.05, 0) is 36.8 Å². The fraction of sp³-hybridized carbons (Fsp3) is 0.235. The topological polar surface area (TPSA) is 93.5 Å². The largest absolute Gasteiger partial charge is 0.383 e. The molecule has 0 heterocycles. The van der Waals surface area contributed by atoms with Crippen molar-refractivity contribution in [1.29, 1.82) is 0 Å². The van der Waals surface area contributed by atoms with E-state index < -0.39 is 16.6 Å². The van der Waals surface area contributed by atoms with Crippen LogP contribution in [-0.2, 0) is 4.74 Å². The number of amides is 1. The number of halogens is 1. The number of rotatable bonds is 7. The van der Waals surface area contributed by atoms with Gasteiger partial charge >= 0.3 is 0 Å². The molecule has 25 heavy (non-hydrogen) atoms. The average Bonchev–Trinajstić information content (AvgIpc) is 2.58. The number of methoxy groups -OCH3 is 1. The number of nitro benzene ring substituents is 1. The van der Waals surface area contributed by atoms with Crippen molar-refractivity contribution in [2.24, 2.45) is 0 Å². The van der Waals surface area contributed by atoms with Gasteiger partial charge in [-0.15, -0.1) is 0 Å². The Balaban J connectivity index is 2.23. The van der Waals surface area contributed by atoms with Gasteiger partial charge in [0.2, 0.25) is 0 Å². The molecular weight excluding hydrogens is 329 g/mol. The van der Waals surface area contributed by atoms with Gasteiger partial charge in [-0.1, -0.05) is 6.07 Å². The van der Waals surface area contributed by atoms with Crippen LogP contribution in [0.1, 0.15) is 15.9 Å². The molecule has 0 aliphatic heterocycles. The summed E-state index contributed by atoms with van der Waals surface area (Å²) in [5.41, 5.74) is 0.897. The summed E-state index contributed by atoms with van der Waals surface area (Å²) in [4.78, 5) is 22.9. The van der Waals surface area contributed by atoms with Gasteiger partial charge in [-0.2, -0.15) is 0 Å². The van der Waals surface area contributed by atoms with Gasteiger partial charge < -0.3 is 15.4 Å². The summed E-state index contributed by atoms with van der Waals surface area (Å²) in [5.74, 6) is -1.21.